The molecule has 0 aliphatic rings. The largest absolute Gasteiger partial charge is 0.359 e. The van der Waals surface area contributed by atoms with Crippen molar-refractivity contribution in [1.29, 1.82) is 0 Å². The van der Waals surface area contributed by atoms with E-state index in [9.17, 15) is 4.79 Å². The summed E-state index contributed by atoms with van der Waals surface area (Å²) >= 11 is 0. The first-order chi connectivity index (χ1) is 6.65. The third-order valence-corrected chi connectivity index (χ3v) is 1.90. The summed E-state index contributed by atoms with van der Waals surface area (Å²) in [5, 5.41) is 3.07. The highest BCUT2D eigenvalue weighted by Gasteiger charge is 2.07. The lowest BCUT2D eigenvalue weighted by atomic mass is 10.1. The zero-order valence-electron chi connectivity index (χ0n) is 8.63. The number of para-hydroxylation sites is 1. The molecule has 0 aromatic heterocycles. The van der Waals surface area contributed by atoms with Gasteiger partial charge in [0.1, 0.15) is 0 Å². The Kier molecular flexibility index (Phi) is 3.46. The minimum Gasteiger partial charge on any atom is -0.359 e. The van der Waals surface area contributed by atoms with Gasteiger partial charge in [-0.25, -0.2) is 0 Å². The number of allylic oxidation sites excluding steroid dienone is 1. The summed E-state index contributed by atoms with van der Waals surface area (Å²) < 4.78 is 0. The molecule has 1 N–H and O–H groups in total. The molecule has 0 heterocycles. The van der Waals surface area contributed by atoms with Crippen LogP contribution < -0.4 is 5.32 Å². The van der Waals surface area contributed by atoms with E-state index in [1.165, 1.54) is 0 Å². The number of rotatable bonds is 4. The van der Waals surface area contributed by atoms with E-state index in [1.54, 1.807) is 0 Å². The Hall–Kier alpha value is -1.57. The third-order valence-electron chi connectivity index (χ3n) is 1.90. The first-order valence-corrected chi connectivity index (χ1v) is 4.70. The SMILES string of the molecule is C=C(C)Nc1ccccc1C(=O)CC. The summed E-state index contributed by atoms with van der Waals surface area (Å²) in [6.45, 7) is 7.48. The highest BCUT2D eigenvalue weighted by Crippen LogP contribution is 2.18. The topological polar surface area (TPSA) is 29.1 Å². The van der Waals surface area contributed by atoms with Crippen LogP contribution in [0.3, 0.4) is 0 Å². The number of benzene rings is 1. The first kappa shape index (κ1) is 10.5. The van der Waals surface area contributed by atoms with Gasteiger partial charge in [-0.05, 0) is 19.1 Å². The van der Waals surface area contributed by atoms with Crippen LogP contribution in [0.2, 0.25) is 0 Å². The zero-order valence-corrected chi connectivity index (χ0v) is 8.63. The number of hydrogen-bond acceptors (Lipinski definition) is 2. The molecular weight excluding hydrogens is 174 g/mol. The van der Waals surface area contributed by atoms with Crippen molar-refractivity contribution < 1.29 is 4.79 Å². The monoisotopic (exact) mass is 189 g/mol. The Bertz CT molecular complexity index is 355. The highest BCUT2D eigenvalue weighted by atomic mass is 16.1. The van der Waals surface area contributed by atoms with E-state index in [2.05, 4.69) is 11.9 Å². The van der Waals surface area contributed by atoms with Crippen LogP contribution in [0, 0.1) is 0 Å². The fourth-order valence-corrected chi connectivity index (χ4v) is 1.26. The molecule has 74 valence electrons. The number of nitrogens with one attached hydrogen (secondary N) is 1. The van der Waals surface area contributed by atoms with Crippen molar-refractivity contribution in [2.75, 3.05) is 5.32 Å². The third kappa shape index (κ3) is 2.46. The van der Waals surface area contributed by atoms with Gasteiger partial charge < -0.3 is 5.32 Å². The average Bonchev–Trinajstić information content (AvgIpc) is 2.16. The molecule has 0 bridgehead atoms. The second kappa shape index (κ2) is 4.61. The lowest BCUT2D eigenvalue weighted by Gasteiger charge is -2.09. The summed E-state index contributed by atoms with van der Waals surface area (Å²) in [4.78, 5) is 11.5. The Labute approximate surface area is 84.6 Å². The van der Waals surface area contributed by atoms with Crippen molar-refractivity contribution in [2.24, 2.45) is 0 Å². The van der Waals surface area contributed by atoms with Gasteiger partial charge in [0.2, 0.25) is 0 Å². The van der Waals surface area contributed by atoms with E-state index < -0.39 is 0 Å². The minimum atomic E-state index is 0.148. The predicted octanol–water partition coefficient (Wildman–Crippen LogP) is 3.22. The van der Waals surface area contributed by atoms with Crippen LogP contribution in [0.5, 0.6) is 0 Å². The van der Waals surface area contributed by atoms with Gasteiger partial charge in [-0.15, -0.1) is 0 Å². The standard InChI is InChI=1S/C12H15NO/c1-4-12(14)10-7-5-6-8-11(10)13-9(2)3/h5-8,13H,2,4H2,1,3H3. The van der Waals surface area contributed by atoms with Gasteiger partial charge in [0, 0.05) is 23.4 Å². The molecule has 0 radical (unpaired) electrons. The summed E-state index contributed by atoms with van der Waals surface area (Å²) in [7, 11) is 0. The lowest BCUT2D eigenvalue weighted by Crippen LogP contribution is -2.03. The highest BCUT2D eigenvalue weighted by molar-refractivity contribution is 6.01. The van der Waals surface area contributed by atoms with Gasteiger partial charge in [-0.3, -0.25) is 4.79 Å². The van der Waals surface area contributed by atoms with Gasteiger partial charge in [-0.2, -0.15) is 0 Å². The van der Waals surface area contributed by atoms with Gasteiger partial charge in [0.25, 0.3) is 0 Å². The van der Waals surface area contributed by atoms with E-state index in [-0.39, 0.29) is 5.78 Å². The van der Waals surface area contributed by atoms with Gasteiger partial charge in [0.05, 0.1) is 0 Å². The molecule has 1 aromatic rings. The molecular formula is C12H15NO. The molecule has 14 heavy (non-hydrogen) atoms. The Morgan fingerprint density at radius 3 is 2.64 bits per heavy atom. The maximum atomic E-state index is 11.5. The van der Waals surface area contributed by atoms with Gasteiger partial charge >= 0.3 is 0 Å². The molecule has 0 saturated heterocycles. The fraction of sp³-hybridized carbons (Fsp3) is 0.250. The first-order valence-electron chi connectivity index (χ1n) is 4.70. The Balaban J connectivity index is 3.02. The second-order valence-corrected chi connectivity index (χ2v) is 3.23. The van der Waals surface area contributed by atoms with Crippen molar-refractivity contribution in [3.05, 3.63) is 42.1 Å². The number of anilines is 1. The number of ketones is 1. The van der Waals surface area contributed by atoms with Crippen LogP contribution in [0.15, 0.2) is 36.5 Å². The Morgan fingerprint density at radius 2 is 2.07 bits per heavy atom. The van der Waals surface area contributed by atoms with E-state index >= 15 is 0 Å². The Morgan fingerprint density at radius 1 is 1.43 bits per heavy atom. The second-order valence-electron chi connectivity index (χ2n) is 3.23. The molecule has 0 atom stereocenters. The summed E-state index contributed by atoms with van der Waals surface area (Å²) in [5.41, 5.74) is 2.41. The quantitative estimate of drug-likeness (QED) is 0.737. The average molecular weight is 189 g/mol. The van der Waals surface area contributed by atoms with Crippen LogP contribution >= 0.6 is 0 Å². The molecule has 0 aliphatic heterocycles. The maximum Gasteiger partial charge on any atom is 0.164 e. The van der Waals surface area contributed by atoms with Crippen molar-refractivity contribution >= 4 is 11.5 Å². The van der Waals surface area contributed by atoms with Crippen LogP contribution in [-0.2, 0) is 0 Å². The van der Waals surface area contributed by atoms with Gasteiger partial charge in [-0.1, -0.05) is 25.6 Å². The molecule has 0 amide bonds. The minimum absolute atomic E-state index is 0.148. The maximum absolute atomic E-state index is 11.5. The molecule has 0 saturated carbocycles. The summed E-state index contributed by atoms with van der Waals surface area (Å²) in [6.07, 6.45) is 0.523. The molecule has 1 aromatic carbocycles. The predicted molar refractivity (Wildman–Crippen MR) is 59.5 cm³/mol. The van der Waals surface area contributed by atoms with E-state index in [4.69, 9.17) is 0 Å². The molecule has 0 fully saturated rings. The molecule has 0 unspecified atom stereocenters. The zero-order chi connectivity index (χ0) is 10.6. The van der Waals surface area contributed by atoms with Crippen molar-refractivity contribution in [1.82, 2.24) is 0 Å². The number of carbonyl (C=O) groups is 1. The molecule has 2 heteroatoms. The van der Waals surface area contributed by atoms with E-state index in [0.29, 0.717) is 6.42 Å². The van der Waals surface area contributed by atoms with Crippen LogP contribution in [0.4, 0.5) is 5.69 Å². The van der Waals surface area contributed by atoms with Crippen molar-refractivity contribution in [2.45, 2.75) is 20.3 Å². The number of hydrogen-bond donors (Lipinski definition) is 1. The summed E-state index contributed by atoms with van der Waals surface area (Å²) in [6, 6.07) is 7.49. The normalized spacial score (nSPS) is 9.57. The van der Waals surface area contributed by atoms with Gasteiger partial charge in [0.15, 0.2) is 5.78 Å². The smallest absolute Gasteiger partial charge is 0.164 e. The van der Waals surface area contributed by atoms with Crippen molar-refractivity contribution in [3.8, 4) is 0 Å². The molecule has 0 aliphatic carbocycles. The van der Waals surface area contributed by atoms with E-state index in [1.807, 2.05) is 38.1 Å². The van der Waals surface area contributed by atoms with Crippen molar-refractivity contribution in [3.63, 3.8) is 0 Å². The fourth-order valence-electron chi connectivity index (χ4n) is 1.26. The number of Topliss-reactive ketones (excluding diaryl/α,β-unsaturated/α-hetero) is 1. The summed E-state index contributed by atoms with van der Waals surface area (Å²) in [5.74, 6) is 0.148. The van der Waals surface area contributed by atoms with Crippen LogP contribution in [0.25, 0.3) is 0 Å². The molecule has 0 spiro atoms. The van der Waals surface area contributed by atoms with Crippen LogP contribution in [-0.4, -0.2) is 5.78 Å². The molecule has 2 nitrogen and oxygen atoms in total. The van der Waals surface area contributed by atoms with E-state index in [0.717, 1.165) is 16.9 Å². The van der Waals surface area contributed by atoms with Crippen LogP contribution in [0.1, 0.15) is 30.6 Å². The lowest BCUT2D eigenvalue weighted by molar-refractivity contribution is 0.0989. The number of carbonyl (C=O) groups excluding carboxylic acids is 1. The molecule has 1 rings (SSSR count).